The van der Waals surface area contributed by atoms with Gasteiger partial charge in [-0.25, -0.2) is 0 Å². The summed E-state index contributed by atoms with van der Waals surface area (Å²) in [6.45, 7) is 4.82. The molecular formula is C13H17NO2. The molecule has 1 unspecified atom stereocenters. The Morgan fingerprint density at radius 3 is 2.88 bits per heavy atom. The van der Waals surface area contributed by atoms with Gasteiger partial charge in [-0.05, 0) is 62.0 Å². The molecule has 0 amide bonds. The Morgan fingerprint density at radius 2 is 2.12 bits per heavy atom. The van der Waals surface area contributed by atoms with Crippen molar-refractivity contribution in [2.45, 2.75) is 19.8 Å². The summed E-state index contributed by atoms with van der Waals surface area (Å²) in [4.78, 5) is 0. The van der Waals surface area contributed by atoms with E-state index < -0.39 is 0 Å². The number of hydrogen-bond acceptors (Lipinski definition) is 3. The van der Waals surface area contributed by atoms with Crippen molar-refractivity contribution in [2.24, 2.45) is 5.92 Å². The molecule has 1 fully saturated rings. The van der Waals surface area contributed by atoms with Gasteiger partial charge in [0.2, 0.25) is 6.79 Å². The van der Waals surface area contributed by atoms with Gasteiger partial charge in [-0.1, -0.05) is 0 Å². The van der Waals surface area contributed by atoms with E-state index >= 15 is 0 Å². The molecule has 1 N–H and O–H groups in total. The van der Waals surface area contributed by atoms with Crippen LogP contribution in [0.2, 0.25) is 0 Å². The fraction of sp³-hybridized carbons (Fsp3) is 0.538. The molecule has 3 nitrogen and oxygen atoms in total. The number of benzene rings is 1. The maximum Gasteiger partial charge on any atom is 0.231 e. The van der Waals surface area contributed by atoms with Crippen LogP contribution in [0.3, 0.4) is 0 Å². The standard InChI is InChI=1S/C13H17NO2/c1-9-4-12-13(16-8-15-12)6-11(9)5-10-2-3-14-7-10/h4,6,10,14H,2-3,5,7-8H2,1H3. The van der Waals surface area contributed by atoms with Gasteiger partial charge in [-0.3, -0.25) is 0 Å². The third-order valence-corrected chi connectivity index (χ3v) is 3.50. The molecule has 3 rings (SSSR count). The lowest BCUT2D eigenvalue weighted by Crippen LogP contribution is -2.11. The summed E-state index contributed by atoms with van der Waals surface area (Å²) in [6, 6.07) is 4.25. The minimum Gasteiger partial charge on any atom is -0.454 e. The Morgan fingerprint density at radius 1 is 1.31 bits per heavy atom. The fourth-order valence-corrected chi connectivity index (χ4v) is 2.51. The Hall–Kier alpha value is -1.22. The number of ether oxygens (including phenoxy) is 2. The maximum atomic E-state index is 5.42. The van der Waals surface area contributed by atoms with Crippen molar-refractivity contribution in [3.63, 3.8) is 0 Å². The van der Waals surface area contributed by atoms with Crippen LogP contribution in [0.4, 0.5) is 0 Å². The van der Waals surface area contributed by atoms with Crippen LogP contribution >= 0.6 is 0 Å². The van der Waals surface area contributed by atoms with Crippen molar-refractivity contribution in [3.8, 4) is 11.5 Å². The summed E-state index contributed by atoms with van der Waals surface area (Å²) in [7, 11) is 0. The number of aryl methyl sites for hydroxylation is 1. The molecule has 16 heavy (non-hydrogen) atoms. The molecule has 0 bridgehead atoms. The lowest BCUT2D eigenvalue weighted by atomic mass is 9.95. The van der Waals surface area contributed by atoms with Crippen molar-refractivity contribution in [1.29, 1.82) is 0 Å². The monoisotopic (exact) mass is 219 g/mol. The molecule has 1 saturated heterocycles. The van der Waals surface area contributed by atoms with Crippen LogP contribution in [-0.4, -0.2) is 19.9 Å². The van der Waals surface area contributed by atoms with E-state index in [4.69, 9.17) is 9.47 Å². The fourth-order valence-electron chi connectivity index (χ4n) is 2.51. The zero-order valence-corrected chi connectivity index (χ0v) is 9.58. The van der Waals surface area contributed by atoms with Crippen molar-refractivity contribution in [1.82, 2.24) is 5.32 Å². The van der Waals surface area contributed by atoms with E-state index in [9.17, 15) is 0 Å². The highest BCUT2D eigenvalue weighted by Crippen LogP contribution is 2.35. The van der Waals surface area contributed by atoms with E-state index in [1.54, 1.807) is 0 Å². The van der Waals surface area contributed by atoms with Crippen molar-refractivity contribution in [3.05, 3.63) is 23.3 Å². The highest BCUT2D eigenvalue weighted by Gasteiger charge is 2.19. The van der Waals surface area contributed by atoms with Gasteiger partial charge in [0.25, 0.3) is 0 Å². The second-order valence-corrected chi connectivity index (χ2v) is 4.69. The van der Waals surface area contributed by atoms with Gasteiger partial charge in [0, 0.05) is 0 Å². The summed E-state index contributed by atoms with van der Waals surface area (Å²) in [5, 5.41) is 3.41. The molecule has 0 aromatic heterocycles. The Kier molecular flexibility index (Phi) is 2.48. The SMILES string of the molecule is Cc1cc2c(cc1CC1CCNC1)OCO2. The van der Waals surface area contributed by atoms with Crippen LogP contribution < -0.4 is 14.8 Å². The average molecular weight is 219 g/mol. The van der Waals surface area contributed by atoms with Crippen molar-refractivity contribution >= 4 is 0 Å². The number of rotatable bonds is 2. The lowest BCUT2D eigenvalue weighted by Gasteiger charge is -2.11. The molecule has 1 aromatic carbocycles. The summed E-state index contributed by atoms with van der Waals surface area (Å²) in [5.41, 5.74) is 2.72. The molecule has 1 aromatic rings. The van der Waals surface area contributed by atoms with Gasteiger partial charge >= 0.3 is 0 Å². The van der Waals surface area contributed by atoms with Gasteiger partial charge < -0.3 is 14.8 Å². The molecule has 0 spiro atoms. The summed E-state index contributed by atoms with van der Waals surface area (Å²) in [6.07, 6.45) is 2.43. The van der Waals surface area contributed by atoms with Crippen molar-refractivity contribution < 1.29 is 9.47 Å². The van der Waals surface area contributed by atoms with Gasteiger partial charge in [-0.15, -0.1) is 0 Å². The van der Waals surface area contributed by atoms with E-state index in [1.165, 1.54) is 17.5 Å². The van der Waals surface area contributed by atoms with E-state index in [-0.39, 0.29) is 0 Å². The molecular weight excluding hydrogens is 202 g/mol. The second kappa shape index (κ2) is 3.98. The number of fused-ring (bicyclic) bond motifs is 1. The van der Waals surface area contributed by atoms with Crippen LogP contribution in [-0.2, 0) is 6.42 Å². The average Bonchev–Trinajstić information content (AvgIpc) is 2.89. The van der Waals surface area contributed by atoms with Gasteiger partial charge in [0.1, 0.15) is 0 Å². The maximum absolute atomic E-state index is 5.42. The molecule has 2 aliphatic heterocycles. The first-order valence-corrected chi connectivity index (χ1v) is 5.93. The van der Waals surface area contributed by atoms with E-state index in [0.717, 1.165) is 36.9 Å². The zero-order chi connectivity index (χ0) is 11.0. The van der Waals surface area contributed by atoms with Crippen LogP contribution in [0, 0.1) is 12.8 Å². The van der Waals surface area contributed by atoms with Gasteiger partial charge in [0.05, 0.1) is 0 Å². The topological polar surface area (TPSA) is 30.5 Å². The largest absolute Gasteiger partial charge is 0.454 e. The Labute approximate surface area is 95.8 Å². The molecule has 0 aliphatic carbocycles. The first-order chi connectivity index (χ1) is 7.83. The molecule has 0 radical (unpaired) electrons. The molecule has 1 atom stereocenters. The first kappa shape index (κ1) is 9.97. The highest BCUT2D eigenvalue weighted by molar-refractivity contribution is 5.48. The van der Waals surface area contributed by atoms with E-state index in [1.807, 2.05) is 0 Å². The zero-order valence-electron chi connectivity index (χ0n) is 9.58. The normalized spacial score (nSPS) is 22.7. The Bertz CT molecular complexity index is 397. The Balaban J connectivity index is 1.83. The summed E-state index contributed by atoms with van der Waals surface area (Å²) < 4.78 is 10.8. The number of nitrogens with one attached hydrogen (secondary N) is 1. The summed E-state index contributed by atoms with van der Waals surface area (Å²) in [5.74, 6) is 2.58. The quantitative estimate of drug-likeness (QED) is 0.823. The molecule has 0 saturated carbocycles. The molecule has 2 heterocycles. The third-order valence-electron chi connectivity index (χ3n) is 3.50. The van der Waals surface area contributed by atoms with Crippen LogP contribution in [0.25, 0.3) is 0 Å². The summed E-state index contributed by atoms with van der Waals surface area (Å²) >= 11 is 0. The molecule has 86 valence electrons. The predicted molar refractivity (Wildman–Crippen MR) is 62.0 cm³/mol. The number of hydrogen-bond donors (Lipinski definition) is 1. The van der Waals surface area contributed by atoms with Gasteiger partial charge in [-0.2, -0.15) is 0 Å². The van der Waals surface area contributed by atoms with E-state index in [0.29, 0.717) is 6.79 Å². The minimum absolute atomic E-state index is 0.364. The van der Waals surface area contributed by atoms with Gasteiger partial charge in [0.15, 0.2) is 11.5 Å². The minimum atomic E-state index is 0.364. The smallest absolute Gasteiger partial charge is 0.231 e. The van der Waals surface area contributed by atoms with Crippen LogP contribution in [0.1, 0.15) is 17.5 Å². The highest BCUT2D eigenvalue weighted by atomic mass is 16.7. The predicted octanol–water partition coefficient (Wildman–Crippen LogP) is 1.88. The molecule has 2 aliphatic rings. The van der Waals surface area contributed by atoms with Crippen LogP contribution in [0.5, 0.6) is 11.5 Å². The lowest BCUT2D eigenvalue weighted by molar-refractivity contribution is 0.174. The molecule has 3 heteroatoms. The van der Waals surface area contributed by atoms with Crippen LogP contribution in [0.15, 0.2) is 12.1 Å². The van der Waals surface area contributed by atoms with Crippen molar-refractivity contribution in [2.75, 3.05) is 19.9 Å². The van der Waals surface area contributed by atoms with E-state index in [2.05, 4.69) is 24.4 Å². The third kappa shape index (κ3) is 1.76. The first-order valence-electron chi connectivity index (χ1n) is 5.93. The second-order valence-electron chi connectivity index (χ2n) is 4.69.